The summed E-state index contributed by atoms with van der Waals surface area (Å²) >= 11 is 0. The van der Waals surface area contributed by atoms with Gasteiger partial charge in [0.2, 0.25) is 0 Å². The predicted octanol–water partition coefficient (Wildman–Crippen LogP) is 15.4. The van der Waals surface area contributed by atoms with E-state index in [0.29, 0.717) is 19.3 Å². The van der Waals surface area contributed by atoms with E-state index in [1.54, 1.807) is 0 Å². The summed E-state index contributed by atoms with van der Waals surface area (Å²) in [7, 11) is 5.51. The van der Waals surface area contributed by atoms with E-state index >= 15 is 0 Å². The number of carboxylic acid groups (broad SMARTS) is 1. The van der Waals surface area contributed by atoms with Gasteiger partial charge in [0, 0.05) is 19.3 Å². The minimum Gasteiger partial charge on any atom is -0.477 e. The van der Waals surface area contributed by atoms with Crippen molar-refractivity contribution in [2.75, 3.05) is 41.0 Å². The van der Waals surface area contributed by atoms with Gasteiger partial charge in [0.25, 0.3) is 0 Å². The zero-order chi connectivity index (χ0) is 49.2. The number of likely N-dealkylation sites (N-methyl/N-ethyl adjacent to an activating group) is 1. The molecule has 1 N–H and O–H groups in total. The van der Waals surface area contributed by atoms with E-state index in [-0.39, 0.29) is 36.2 Å². The Hall–Kier alpha value is -4.27. The lowest BCUT2D eigenvalue weighted by Gasteiger charge is -2.31. The van der Waals surface area contributed by atoms with Crippen LogP contribution in [0, 0.1) is 0 Å². The van der Waals surface area contributed by atoms with Crippen LogP contribution in [-0.2, 0) is 28.6 Å². The zero-order valence-electron chi connectivity index (χ0n) is 43.1. The summed E-state index contributed by atoms with van der Waals surface area (Å²) in [5.74, 6) is -1.53. The molecular weight excluding hydrogens is 835 g/mol. The molecular formula is C59H96NO7+. The molecule has 0 aliphatic rings. The summed E-state index contributed by atoms with van der Waals surface area (Å²) in [6.07, 6.45) is 68.2. The van der Waals surface area contributed by atoms with Gasteiger partial charge < -0.3 is 23.8 Å². The third-order valence-corrected chi connectivity index (χ3v) is 10.9. The maximum absolute atomic E-state index is 12.8. The Balaban J connectivity index is 4.35. The Morgan fingerprint density at radius 1 is 0.448 bits per heavy atom. The van der Waals surface area contributed by atoms with Crippen LogP contribution >= 0.6 is 0 Å². The van der Waals surface area contributed by atoms with Crippen molar-refractivity contribution in [3.05, 3.63) is 122 Å². The maximum atomic E-state index is 12.8. The van der Waals surface area contributed by atoms with Gasteiger partial charge in [-0.1, -0.05) is 180 Å². The number of rotatable bonds is 45. The molecule has 0 bridgehead atoms. The molecule has 0 fully saturated rings. The predicted molar refractivity (Wildman–Crippen MR) is 284 cm³/mol. The molecule has 0 amide bonds. The van der Waals surface area contributed by atoms with Gasteiger partial charge in [0.05, 0.1) is 34.4 Å². The minimum atomic E-state index is -0.886. The zero-order valence-corrected chi connectivity index (χ0v) is 43.1. The van der Waals surface area contributed by atoms with Crippen molar-refractivity contribution >= 4 is 17.9 Å². The molecule has 0 spiro atoms. The maximum Gasteiger partial charge on any atom is 0.362 e. The Bertz CT molecular complexity index is 1500. The lowest BCUT2D eigenvalue weighted by atomic mass is 10.1. The highest BCUT2D eigenvalue weighted by molar-refractivity contribution is 5.72. The lowest BCUT2D eigenvalue weighted by Crippen LogP contribution is -2.50. The van der Waals surface area contributed by atoms with Crippen molar-refractivity contribution in [1.29, 1.82) is 0 Å². The van der Waals surface area contributed by atoms with E-state index in [9.17, 15) is 19.5 Å². The number of hydrogen-bond donors (Lipinski definition) is 1. The van der Waals surface area contributed by atoms with Crippen molar-refractivity contribution in [3.8, 4) is 0 Å². The highest BCUT2D eigenvalue weighted by Crippen LogP contribution is 2.13. The fraction of sp³-hybridized carbons (Fsp3) is 0.610. The molecule has 0 aromatic heterocycles. The number of unbranched alkanes of at least 4 members (excludes halogenated alkanes) is 11. The van der Waals surface area contributed by atoms with Gasteiger partial charge in [0.1, 0.15) is 6.61 Å². The van der Waals surface area contributed by atoms with Crippen LogP contribution in [0.5, 0.6) is 0 Å². The number of carbonyl (C=O) groups is 3. The van der Waals surface area contributed by atoms with Gasteiger partial charge in [-0.05, 0) is 103 Å². The first-order valence-corrected chi connectivity index (χ1v) is 26.1. The Morgan fingerprint density at radius 2 is 0.791 bits per heavy atom. The van der Waals surface area contributed by atoms with Crippen LogP contribution in [0.3, 0.4) is 0 Å². The molecule has 0 aromatic rings. The average Bonchev–Trinajstić information content (AvgIpc) is 3.29. The fourth-order valence-corrected chi connectivity index (χ4v) is 6.91. The Morgan fingerprint density at radius 3 is 1.16 bits per heavy atom. The topological polar surface area (TPSA) is 99.1 Å². The number of esters is 2. The second-order valence-corrected chi connectivity index (χ2v) is 18.0. The number of carboxylic acids is 1. The second-order valence-electron chi connectivity index (χ2n) is 18.0. The number of nitrogens with zero attached hydrogens (tertiary/aromatic N) is 1. The molecule has 0 saturated carbocycles. The molecule has 0 saturated heterocycles. The summed E-state index contributed by atoms with van der Waals surface area (Å²) in [5.41, 5.74) is 0. The Labute approximate surface area is 410 Å². The van der Waals surface area contributed by atoms with Gasteiger partial charge in [-0.25, -0.2) is 4.79 Å². The fourth-order valence-electron chi connectivity index (χ4n) is 6.91. The van der Waals surface area contributed by atoms with Crippen molar-refractivity contribution in [2.45, 2.75) is 193 Å². The summed E-state index contributed by atoms with van der Waals surface area (Å²) in [4.78, 5) is 37.2. The minimum absolute atomic E-state index is 0.0396. The van der Waals surface area contributed by atoms with Crippen LogP contribution in [0.2, 0.25) is 0 Å². The third kappa shape index (κ3) is 46.6. The van der Waals surface area contributed by atoms with Gasteiger partial charge in [-0.3, -0.25) is 9.59 Å². The summed E-state index contributed by atoms with van der Waals surface area (Å²) in [6, 6.07) is -0.630. The molecule has 2 atom stereocenters. The average molecular weight is 931 g/mol. The molecule has 2 unspecified atom stereocenters. The van der Waals surface area contributed by atoms with Crippen LogP contribution < -0.4 is 0 Å². The summed E-state index contributed by atoms with van der Waals surface area (Å²) < 4.78 is 17.3. The molecule has 0 rings (SSSR count). The first-order valence-electron chi connectivity index (χ1n) is 26.1. The summed E-state index contributed by atoms with van der Waals surface area (Å²) in [5, 5.41) is 9.66. The van der Waals surface area contributed by atoms with E-state index in [1.807, 2.05) is 21.1 Å². The molecule has 0 aromatic carbocycles. The quantitative estimate of drug-likeness (QED) is 0.0281. The number of carbonyl (C=O) groups excluding carboxylic acids is 2. The van der Waals surface area contributed by atoms with E-state index < -0.39 is 18.1 Å². The van der Waals surface area contributed by atoms with Crippen molar-refractivity contribution < 1.29 is 38.2 Å². The van der Waals surface area contributed by atoms with Gasteiger partial charge in [-0.2, -0.15) is 0 Å². The first kappa shape index (κ1) is 62.7. The normalized spacial score (nSPS) is 13.9. The van der Waals surface area contributed by atoms with Crippen LogP contribution in [0.15, 0.2) is 122 Å². The smallest absolute Gasteiger partial charge is 0.362 e. The number of ether oxygens (including phenoxy) is 3. The van der Waals surface area contributed by atoms with Crippen molar-refractivity contribution in [2.24, 2.45) is 0 Å². The number of aliphatic carboxylic acids is 1. The largest absolute Gasteiger partial charge is 0.477 e. The molecule has 0 aliphatic heterocycles. The number of hydrogen-bond acceptors (Lipinski definition) is 6. The molecule has 0 radical (unpaired) electrons. The first-order chi connectivity index (χ1) is 32.6. The van der Waals surface area contributed by atoms with Crippen LogP contribution in [0.1, 0.15) is 181 Å². The summed E-state index contributed by atoms with van der Waals surface area (Å²) in [6.45, 7) is 4.46. The van der Waals surface area contributed by atoms with Gasteiger partial charge in [0.15, 0.2) is 12.1 Å². The highest BCUT2D eigenvalue weighted by Gasteiger charge is 2.31. The van der Waals surface area contributed by atoms with Crippen molar-refractivity contribution in [1.82, 2.24) is 0 Å². The second kappa shape index (κ2) is 48.2. The van der Waals surface area contributed by atoms with E-state index in [1.165, 1.54) is 19.3 Å². The molecule has 8 nitrogen and oxygen atoms in total. The van der Waals surface area contributed by atoms with Gasteiger partial charge in [-0.15, -0.1) is 0 Å². The SMILES string of the molecule is CC/C=C/C/C=C/C/C=C/C/C=C/C/C=C/CCCCCCCCCC(=O)OC(COCCC(C(=O)O)[N+](C)(C)C)COC(=O)CCCCCC/C=C/C/C=C/C/C=C/C/C=C/C/C=C/CC. The number of allylic oxidation sites excluding steroid dienone is 20. The molecule has 8 heteroatoms. The lowest BCUT2D eigenvalue weighted by molar-refractivity contribution is -0.887. The van der Waals surface area contributed by atoms with Crippen molar-refractivity contribution in [3.63, 3.8) is 0 Å². The molecule has 378 valence electrons. The number of quaternary nitrogens is 1. The van der Waals surface area contributed by atoms with Crippen LogP contribution in [0.25, 0.3) is 0 Å². The van der Waals surface area contributed by atoms with Crippen LogP contribution in [0.4, 0.5) is 0 Å². The van der Waals surface area contributed by atoms with E-state index in [2.05, 4.69) is 135 Å². The van der Waals surface area contributed by atoms with Gasteiger partial charge >= 0.3 is 17.9 Å². The third-order valence-electron chi connectivity index (χ3n) is 10.9. The standard InChI is InChI=1S/C59H95NO7/c1-6-8-10-12-14-16-18-20-22-24-26-28-29-30-32-34-36-38-40-42-44-46-48-50-58(62)67-55(53-65-52-51-56(59(63)64)60(3,4)5)54-66-57(61)49-47-45-43-41-39-37-35-33-31-27-25-23-21-19-17-15-13-11-9-7-2/h8-11,14-17,20-23,26-28,30-32,35,37,55-56H,6-7,12-13,18-19,24-25,29,33-34,36,38-54H2,1-5H3/p+1/b10-8+,11-9+,16-14+,17-15+,22-20+,23-21+,28-26+,31-27+,32-30+,37-35+. The molecule has 0 heterocycles. The Kier molecular flexibility index (Phi) is 45.1. The molecule has 0 aliphatic carbocycles. The van der Waals surface area contributed by atoms with E-state index in [0.717, 1.165) is 128 Å². The molecule has 67 heavy (non-hydrogen) atoms. The highest BCUT2D eigenvalue weighted by atomic mass is 16.6. The monoisotopic (exact) mass is 931 g/mol. The van der Waals surface area contributed by atoms with Crippen LogP contribution in [-0.4, -0.2) is 80.6 Å². The van der Waals surface area contributed by atoms with E-state index in [4.69, 9.17) is 14.2 Å².